The molecule has 144 valence electrons. The van der Waals surface area contributed by atoms with Gasteiger partial charge in [0.2, 0.25) is 0 Å². The number of nitrogens with one attached hydrogen (secondary N) is 1. The van der Waals surface area contributed by atoms with Gasteiger partial charge in [0.1, 0.15) is 5.69 Å². The summed E-state index contributed by atoms with van der Waals surface area (Å²) < 4.78 is 5.31. The number of pyridine rings is 1. The van der Waals surface area contributed by atoms with Gasteiger partial charge in [-0.3, -0.25) is 4.79 Å². The zero-order valence-electron chi connectivity index (χ0n) is 16.1. The molecule has 3 aromatic rings. The molecule has 5 heteroatoms. The zero-order valence-corrected chi connectivity index (χ0v) is 16.1. The Morgan fingerprint density at radius 2 is 1.71 bits per heavy atom. The van der Waals surface area contributed by atoms with Crippen LogP contribution in [0.2, 0.25) is 0 Å². The summed E-state index contributed by atoms with van der Waals surface area (Å²) in [6.45, 7) is 4.14. The van der Waals surface area contributed by atoms with Crippen molar-refractivity contribution in [1.29, 1.82) is 0 Å². The van der Waals surface area contributed by atoms with Crippen molar-refractivity contribution < 1.29 is 14.3 Å². The fraction of sp³-hybridized carbons (Fsp3) is 0.261. The van der Waals surface area contributed by atoms with Crippen molar-refractivity contribution in [2.45, 2.75) is 32.3 Å². The van der Waals surface area contributed by atoms with Crippen molar-refractivity contribution in [3.63, 3.8) is 0 Å². The van der Waals surface area contributed by atoms with Crippen molar-refractivity contribution in [3.8, 4) is 0 Å². The monoisotopic (exact) mass is 376 g/mol. The Morgan fingerprint density at radius 1 is 1.00 bits per heavy atom. The van der Waals surface area contributed by atoms with Crippen LogP contribution in [-0.2, 0) is 9.53 Å². The van der Waals surface area contributed by atoms with Crippen LogP contribution in [0, 0.1) is 0 Å². The van der Waals surface area contributed by atoms with E-state index in [1.165, 1.54) is 5.56 Å². The molecular formula is C23H24N2O3. The van der Waals surface area contributed by atoms with Crippen LogP contribution in [-0.4, -0.2) is 29.5 Å². The summed E-state index contributed by atoms with van der Waals surface area (Å²) in [6.07, 6.45) is 0.00786. The molecule has 0 saturated carbocycles. The summed E-state index contributed by atoms with van der Waals surface area (Å²) in [5.74, 6) is -0.706. The SMILES string of the molecule is CC[C@@H](CNC(=O)[C@H](C)OC(=O)c1ccc2ccccc2n1)c1ccccc1. The number of nitrogens with zero attached hydrogens (tertiary/aromatic N) is 1. The molecule has 0 radical (unpaired) electrons. The van der Waals surface area contributed by atoms with Gasteiger partial charge in [0.15, 0.2) is 6.10 Å². The van der Waals surface area contributed by atoms with Gasteiger partial charge in [0, 0.05) is 17.8 Å². The minimum atomic E-state index is -0.894. The number of hydrogen-bond donors (Lipinski definition) is 1. The van der Waals surface area contributed by atoms with E-state index in [0.29, 0.717) is 12.1 Å². The van der Waals surface area contributed by atoms with Gasteiger partial charge in [0.25, 0.3) is 5.91 Å². The molecule has 0 aliphatic heterocycles. The topological polar surface area (TPSA) is 68.3 Å². The lowest BCUT2D eigenvalue weighted by Gasteiger charge is -2.18. The maximum Gasteiger partial charge on any atom is 0.357 e. The van der Waals surface area contributed by atoms with Crippen LogP contribution in [0.3, 0.4) is 0 Å². The molecule has 0 aliphatic carbocycles. The third kappa shape index (κ3) is 4.74. The van der Waals surface area contributed by atoms with Crippen LogP contribution in [0.15, 0.2) is 66.7 Å². The number of esters is 1. The van der Waals surface area contributed by atoms with Crippen molar-refractivity contribution >= 4 is 22.8 Å². The molecule has 1 amide bonds. The minimum absolute atomic E-state index is 0.189. The van der Waals surface area contributed by atoms with E-state index in [2.05, 4.69) is 29.4 Å². The molecule has 0 aliphatic rings. The van der Waals surface area contributed by atoms with Gasteiger partial charge in [-0.15, -0.1) is 0 Å². The van der Waals surface area contributed by atoms with E-state index in [9.17, 15) is 9.59 Å². The summed E-state index contributed by atoms with van der Waals surface area (Å²) in [5.41, 5.74) is 2.08. The second-order valence-corrected chi connectivity index (χ2v) is 6.70. The van der Waals surface area contributed by atoms with Gasteiger partial charge < -0.3 is 10.1 Å². The lowest BCUT2D eigenvalue weighted by molar-refractivity contribution is -0.129. The van der Waals surface area contributed by atoms with Crippen LogP contribution in [0.1, 0.15) is 42.2 Å². The normalized spacial score (nSPS) is 12.9. The van der Waals surface area contributed by atoms with E-state index in [0.717, 1.165) is 11.8 Å². The van der Waals surface area contributed by atoms with Crippen molar-refractivity contribution in [2.75, 3.05) is 6.54 Å². The third-order valence-corrected chi connectivity index (χ3v) is 4.75. The molecule has 0 fully saturated rings. The second kappa shape index (κ2) is 9.13. The maximum atomic E-state index is 12.4. The number of rotatable bonds is 7. The smallest absolute Gasteiger partial charge is 0.357 e. The number of carbonyl (C=O) groups excluding carboxylic acids is 2. The fourth-order valence-electron chi connectivity index (χ4n) is 3.04. The molecule has 0 unspecified atom stereocenters. The summed E-state index contributed by atoms with van der Waals surface area (Å²) in [5, 5.41) is 3.82. The Labute approximate surface area is 164 Å². The Balaban J connectivity index is 1.57. The van der Waals surface area contributed by atoms with Crippen molar-refractivity contribution in [2.24, 2.45) is 0 Å². The fourth-order valence-corrected chi connectivity index (χ4v) is 3.04. The molecule has 2 aromatic carbocycles. The molecule has 28 heavy (non-hydrogen) atoms. The van der Waals surface area contributed by atoms with Crippen LogP contribution in [0.25, 0.3) is 10.9 Å². The lowest BCUT2D eigenvalue weighted by atomic mass is 9.96. The largest absolute Gasteiger partial charge is 0.448 e. The maximum absolute atomic E-state index is 12.4. The van der Waals surface area contributed by atoms with E-state index >= 15 is 0 Å². The van der Waals surface area contributed by atoms with Crippen LogP contribution in [0.4, 0.5) is 0 Å². The molecule has 0 saturated heterocycles. The molecule has 2 atom stereocenters. The van der Waals surface area contributed by atoms with Crippen molar-refractivity contribution in [3.05, 3.63) is 78.0 Å². The summed E-state index contributed by atoms with van der Waals surface area (Å²) in [6, 6.07) is 21.0. The number of para-hydroxylation sites is 1. The number of hydrogen-bond acceptors (Lipinski definition) is 4. The molecular weight excluding hydrogens is 352 g/mol. The molecule has 0 spiro atoms. The number of ether oxygens (including phenoxy) is 1. The number of aromatic nitrogens is 1. The molecule has 1 aromatic heterocycles. The zero-order chi connectivity index (χ0) is 19.9. The van der Waals surface area contributed by atoms with E-state index < -0.39 is 12.1 Å². The number of amides is 1. The molecule has 5 nitrogen and oxygen atoms in total. The number of carbonyl (C=O) groups is 2. The highest BCUT2D eigenvalue weighted by molar-refractivity contribution is 5.93. The van der Waals surface area contributed by atoms with Crippen LogP contribution in [0.5, 0.6) is 0 Å². The van der Waals surface area contributed by atoms with Crippen LogP contribution < -0.4 is 5.32 Å². The predicted molar refractivity (Wildman–Crippen MR) is 109 cm³/mol. The van der Waals surface area contributed by atoms with Crippen molar-refractivity contribution in [1.82, 2.24) is 10.3 Å². The summed E-state index contributed by atoms with van der Waals surface area (Å²) in [4.78, 5) is 29.0. The van der Waals surface area contributed by atoms with Gasteiger partial charge in [-0.1, -0.05) is 61.5 Å². The van der Waals surface area contributed by atoms with E-state index in [1.54, 1.807) is 13.0 Å². The Hall–Kier alpha value is -3.21. The molecule has 0 bridgehead atoms. The first-order valence-electron chi connectivity index (χ1n) is 9.48. The van der Waals surface area contributed by atoms with Gasteiger partial charge in [0.05, 0.1) is 5.52 Å². The highest BCUT2D eigenvalue weighted by Crippen LogP contribution is 2.18. The highest BCUT2D eigenvalue weighted by atomic mass is 16.5. The average Bonchev–Trinajstić information content (AvgIpc) is 2.74. The van der Waals surface area contributed by atoms with Gasteiger partial charge in [-0.05, 0) is 31.0 Å². The first-order chi connectivity index (χ1) is 13.6. The first-order valence-corrected chi connectivity index (χ1v) is 9.48. The molecule has 3 rings (SSSR count). The summed E-state index contributed by atoms with van der Waals surface area (Å²) in [7, 11) is 0. The Morgan fingerprint density at radius 3 is 2.46 bits per heavy atom. The number of benzene rings is 2. The number of fused-ring (bicyclic) bond motifs is 1. The van der Waals surface area contributed by atoms with Gasteiger partial charge in [-0.2, -0.15) is 0 Å². The molecule has 1 N–H and O–H groups in total. The standard InChI is InChI=1S/C23H24N2O3/c1-3-17(18-9-5-4-6-10-18)15-24-22(26)16(2)28-23(27)21-14-13-19-11-7-8-12-20(19)25-21/h4-14,16-17H,3,15H2,1-2H3,(H,24,26)/t16-,17-/m0/s1. The van der Waals surface area contributed by atoms with E-state index in [4.69, 9.17) is 4.74 Å². The second-order valence-electron chi connectivity index (χ2n) is 6.70. The van der Waals surface area contributed by atoms with Crippen LogP contribution >= 0.6 is 0 Å². The average molecular weight is 376 g/mol. The highest BCUT2D eigenvalue weighted by Gasteiger charge is 2.21. The van der Waals surface area contributed by atoms with Gasteiger partial charge >= 0.3 is 5.97 Å². The Bertz CT molecular complexity index is 956. The van der Waals surface area contributed by atoms with Gasteiger partial charge in [-0.25, -0.2) is 9.78 Å². The predicted octanol–water partition coefficient (Wildman–Crippen LogP) is 4.09. The minimum Gasteiger partial charge on any atom is -0.448 e. The third-order valence-electron chi connectivity index (χ3n) is 4.75. The van der Waals surface area contributed by atoms with E-state index in [-0.39, 0.29) is 17.5 Å². The Kier molecular flexibility index (Phi) is 6.37. The lowest BCUT2D eigenvalue weighted by Crippen LogP contribution is -2.38. The van der Waals surface area contributed by atoms with E-state index in [1.807, 2.05) is 48.5 Å². The summed E-state index contributed by atoms with van der Waals surface area (Å²) >= 11 is 0. The first kappa shape index (κ1) is 19.5. The molecule has 1 heterocycles. The quantitative estimate of drug-likeness (QED) is 0.631.